The van der Waals surface area contributed by atoms with Crippen LogP contribution in [0.15, 0.2) is 54.6 Å². The van der Waals surface area contributed by atoms with E-state index in [0.717, 1.165) is 28.0 Å². The van der Waals surface area contributed by atoms with Crippen LogP contribution < -0.4 is 10.5 Å². The van der Waals surface area contributed by atoms with Gasteiger partial charge < -0.3 is 20.1 Å². The predicted octanol–water partition coefficient (Wildman–Crippen LogP) is 5.15. The van der Waals surface area contributed by atoms with Crippen LogP contribution in [0.5, 0.6) is 5.75 Å². The van der Waals surface area contributed by atoms with Gasteiger partial charge in [0.05, 0.1) is 30.1 Å². The van der Waals surface area contributed by atoms with Crippen molar-refractivity contribution in [2.24, 2.45) is 11.3 Å². The smallest absolute Gasteiger partial charge is 0.311 e. The summed E-state index contributed by atoms with van der Waals surface area (Å²) in [5.41, 5.74) is 9.58. The zero-order valence-corrected chi connectivity index (χ0v) is 19.1. The molecule has 3 N–H and O–H groups in total. The van der Waals surface area contributed by atoms with Crippen molar-refractivity contribution in [2.45, 2.75) is 27.3 Å². The first-order valence-corrected chi connectivity index (χ1v) is 10.8. The SMILES string of the molecule is Cc1cc(OCC2(C)C=CC=CC2C(=O)O)cc2c1nc(C)n2Cc1ccc(N)cc1Cl. The standard InChI is InChI=1S/C25H26ClN3O3/c1-15-10-19(32-14-25(3)9-5-4-6-20(25)24(30)31)12-22-23(15)28-16(2)29(22)13-17-7-8-18(27)11-21(17)26/h4-12,20H,13-14,27H2,1-3H3,(H,30,31). The molecule has 0 aliphatic heterocycles. The number of aryl methyl sites for hydroxylation is 2. The molecule has 0 radical (unpaired) electrons. The molecule has 0 spiro atoms. The second-order valence-corrected chi connectivity index (χ2v) is 8.97. The van der Waals surface area contributed by atoms with Gasteiger partial charge in [0.2, 0.25) is 0 Å². The van der Waals surface area contributed by atoms with Gasteiger partial charge in [0, 0.05) is 22.2 Å². The number of rotatable bonds is 6. The second-order valence-electron chi connectivity index (χ2n) is 8.56. The molecule has 0 saturated carbocycles. The van der Waals surface area contributed by atoms with Gasteiger partial charge in [-0.15, -0.1) is 0 Å². The van der Waals surface area contributed by atoms with Gasteiger partial charge in [0.1, 0.15) is 11.6 Å². The number of benzene rings is 2. The zero-order chi connectivity index (χ0) is 23.0. The number of nitrogen functional groups attached to an aromatic ring is 1. The van der Waals surface area contributed by atoms with Crippen LogP contribution in [0.1, 0.15) is 23.9 Å². The number of aliphatic carboxylic acids is 1. The summed E-state index contributed by atoms with van der Waals surface area (Å²) in [6.07, 6.45) is 7.23. The monoisotopic (exact) mass is 451 g/mol. The maximum atomic E-state index is 11.7. The minimum Gasteiger partial charge on any atom is -0.493 e. The Morgan fingerprint density at radius 3 is 2.78 bits per heavy atom. The Balaban J connectivity index is 1.65. The van der Waals surface area contributed by atoms with Gasteiger partial charge in [-0.1, -0.05) is 48.9 Å². The Bertz CT molecular complexity index is 1260. The molecule has 7 heteroatoms. The van der Waals surface area contributed by atoms with Crippen LogP contribution in [0.25, 0.3) is 11.0 Å². The van der Waals surface area contributed by atoms with Gasteiger partial charge in [-0.05, 0) is 43.2 Å². The van der Waals surface area contributed by atoms with Gasteiger partial charge >= 0.3 is 5.97 Å². The molecule has 6 nitrogen and oxygen atoms in total. The van der Waals surface area contributed by atoms with Crippen molar-refractivity contribution < 1.29 is 14.6 Å². The molecule has 0 bridgehead atoms. The highest BCUT2D eigenvalue weighted by Crippen LogP contribution is 2.35. The summed E-state index contributed by atoms with van der Waals surface area (Å²) in [5.74, 6) is 0.0365. The molecular formula is C25H26ClN3O3. The largest absolute Gasteiger partial charge is 0.493 e. The van der Waals surface area contributed by atoms with E-state index in [0.29, 0.717) is 23.0 Å². The maximum absolute atomic E-state index is 11.7. The summed E-state index contributed by atoms with van der Waals surface area (Å²) in [5, 5.41) is 10.2. The van der Waals surface area contributed by atoms with Crippen molar-refractivity contribution in [1.82, 2.24) is 9.55 Å². The van der Waals surface area contributed by atoms with E-state index in [2.05, 4.69) is 4.57 Å². The fraction of sp³-hybridized carbons (Fsp3) is 0.280. The van der Waals surface area contributed by atoms with E-state index in [1.54, 1.807) is 18.2 Å². The van der Waals surface area contributed by atoms with E-state index in [9.17, 15) is 9.90 Å². The van der Waals surface area contributed by atoms with E-state index in [1.807, 2.05) is 57.2 Å². The molecule has 32 heavy (non-hydrogen) atoms. The number of imidazole rings is 1. The second kappa shape index (κ2) is 8.36. The number of nitrogens with zero attached hydrogens (tertiary/aromatic N) is 2. The molecule has 1 aromatic heterocycles. The van der Waals surface area contributed by atoms with Crippen LogP contribution in [-0.2, 0) is 11.3 Å². The Labute approximate surface area is 192 Å². The molecule has 4 rings (SSSR count). The lowest BCUT2D eigenvalue weighted by Crippen LogP contribution is -2.36. The third-order valence-corrected chi connectivity index (χ3v) is 6.38. The third-order valence-electron chi connectivity index (χ3n) is 6.03. The number of allylic oxidation sites excluding steroid dienone is 2. The number of carbonyl (C=O) groups is 1. The lowest BCUT2D eigenvalue weighted by molar-refractivity contribution is -0.143. The predicted molar refractivity (Wildman–Crippen MR) is 127 cm³/mol. The highest BCUT2D eigenvalue weighted by atomic mass is 35.5. The summed E-state index contributed by atoms with van der Waals surface area (Å²) in [7, 11) is 0. The quantitative estimate of drug-likeness (QED) is 0.506. The summed E-state index contributed by atoms with van der Waals surface area (Å²) in [6.45, 7) is 6.65. The van der Waals surface area contributed by atoms with Crippen LogP contribution >= 0.6 is 11.6 Å². The minimum absolute atomic E-state index is 0.243. The topological polar surface area (TPSA) is 90.4 Å². The third kappa shape index (κ3) is 4.10. The molecular weight excluding hydrogens is 426 g/mol. The number of ether oxygens (including phenoxy) is 1. The van der Waals surface area contributed by atoms with E-state index < -0.39 is 17.3 Å². The number of halogens is 1. The van der Waals surface area contributed by atoms with Crippen molar-refractivity contribution in [2.75, 3.05) is 12.3 Å². The summed E-state index contributed by atoms with van der Waals surface area (Å²) in [6, 6.07) is 9.40. The molecule has 1 heterocycles. The van der Waals surface area contributed by atoms with Crippen molar-refractivity contribution >= 4 is 34.3 Å². The fourth-order valence-corrected chi connectivity index (χ4v) is 4.39. The maximum Gasteiger partial charge on any atom is 0.311 e. The number of aromatic nitrogens is 2. The lowest BCUT2D eigenvalue weighted by atomic mass is 9.75. The molecule has 2 aromatic carbocycles. The molecule has 2 unspecified atom stereocenters. The van der Waals surface area contributed by atoms with Crippen LogP contribution in [0.2, 0.25) is 5.02 Å². The molecule has 0 amide bonds. The van der Waals surface area contributed by atoms with E-state index in [-0.39, 0.29) is 6.61 Å². The Morgan fingerprint density at radius 1 is 1.28 bits per heavy atom. The molecule has 1 aliphatic carbocycles. The van der Waals surface area contributed by atoms with Gasteiger partial charge in [0.15, 0.2) is 0 Å². The van der Waals surface area contributed by atoms with Gasteiger partial charge in [-0.2, -0.15) is 0 Å². The molecule has 0 fully saturated rings. The van der Waals surface area contributed by atoms with Crippen molar-refractivity contribution in [3.8, 4) is 5.75 Å². The van der Waals surface area contributed by atoms with E-state index in [4.69, 9.17) is 27.1 Å². The number of fused-ring (bicyclic) bond motifs is 1. The van der Waals surface area contributed by atoms with Crippen molar-refractivity contribution in [3.63, 3.8) is 0 Å². The Hall–Kier alpha value is -3.25. The Morgan fingerprint density at radius 2 is 2.06 bits per heavy atom. The molecule has 1 aliphatic rings. The van der Waals surface area contributed by atoms with Gasteiger partial charge in [-0.3, -0.25) is 4.79 Å². The number of carboxylic acids is 1. The highest BCUT2D eigenvalue weighted by molar-refractivity contribution is 6.31. The first-order valence-electron chi connectivity index (χ1n) is 10.4. The number of anilines is 1. The number of hydrogen-bond donors (Lipinski definition) is 2. The first kappa shape index (κ1) is 22.0. The molecule has 166 valence electrons. The van der Waals surface area contributed by atoms with Crippen LogP contribution in [-0.4, -0.2) is 27.2 Å². The molecule has 0 saturated heterocycles. The van der Waals surface area contributed by atoms with Crippen molar-refractivity contribution in [3.05, 3.63) is 76.6 Å². The van der Waals surface area contributed by atoms with Crippen LogP contribution in [0, 0.1) is 25.2 Å². The summed E-state index contributed by atoms with van der Waals surface area (Å²) in [4.78, 5) is 16.4. The zero-order valence-electron chi connectivity index (χ0n) is 18.3. The average molecular weight is 452 g/mol. The normalized spacial score (nSPS) is 20.1. The number of nitrogens with two attached hydrogens (primary N) is 1. The first-order chi connectivity index (χ1) is 15.2. The van der Waals surface area contributed by atoms with Gasteiger partial charge in [0.25, 0.3) is 0 Å². The minimum atomic E-state index is -0.864. The fourth-order valence-electron chi connectivity index (χ4n) is 4.14. The molecule has 3 aromatic rings. The number of carboxylic acid groups (broad SMARTS) is 1. The van der Waals surface area contributed by atoms with Gasteiger partial charge in [-0.25, -0.2) is 4.98 Å². The van der Waals surface area contributed by atoms with Crippen LogP contribution in [0.3, 0.4) is 0 Å². The highest BCUT2D eigenvalue weighted by Gasteiger charge is 2.37. The average Bonchev–Trinajstić information content (AvgIpc) is 3.04. The molecule has 2 atom stereocenters. The Kier molecular flexibility index (Phi) is 5.73. The number of hydrogen-bond acceptors (Lipinski definition) is 4. The summed E-state index contributed by atoms with van der Waals surface area (Å²) < 4.78 is 8.23. The van der Waals surface area contributed by atoms with E-state index in [1.165, 1.54) is 0 Å². The lowest BCUT2D eigenvalue weighted by Gasteiger charge is -2.32. The van der Waals surface area contributed by atoms with Crippen molar-refractivity contribution in [1.29, 1.82) is 0 Å². The van der Waals surface area contributed by atoms with E-state index >= 15 is 0 Å². The summed E-state index contributed by atoms with van der Waals surface area (Å²) >= 11 is 6.40. The van der Waals surface area contributed by atoms with Crippen LogP contribution in [0.4, 0.5) is 5.69 Å².